The highest BCUT2D eigenvalue weighted by Crippen LogP contribution is 2.29. The topological polar surface area (TPSA) is 80.5 Å². The van der Waals surface area contributed by atoms with Gasteiger partial charge in [0.05, 0.1) is 11.8 Å². The lowest BCUT2D eigenvalue weighted by Gasteiger charge is -2.27. The first-order valence-electron chi connectivity index (χ1n) is 11.3. The minimum atomic E-state index is -0.677. The predicted molar refractivity (Wildman–Crippen MR) is 131 cm³/mol. The van der Waals surface area contributed by atoms with Gasteiger partial charge < -0.3 is 14.7 Å². The number of rotatable bonds is 9. The fraction of sp³-hybridized carbons (Fsp3) is 0.400. The van der Waals surface area contributed by atoms with Gasteiger partial charge in [0.15, 0.2) is 10.9 Å². The number of ketones is 1. The molecule has 1 fully saturated rings. The summed E-state index contributed by atoms with van der Waals surface area (Å²) in [5.74, 6) is 1.92. The monoisotopic (exact) mass is 466 g/mol. The minimum Gasteiger partial charge on any atom is -0.491 e. The lowest BCUT2D eigenvalue weighted by atomic mass is 10.1. The van der Waals surface area contributed by atoms with E-state index in [4.69, 9.17) is 4.74 Å². The summed E-state index contributed by atoms with van der Waals surface area (Å²) in [6.45, 7) is 5.72. The van der Waals surface area contributed by atoms with E-state index < -0.39 is 6.10 Å². The Labute approximate surface area is 198 Å². The van der Waals surface area contributed by atoms with Crippen LogP contribution >= 0.6 is 11.8 Å². The quantitative estimate of drug-likeness (QED) is 0.372. The van der Waals surface area contributed by atoms with E-state index in [0.717, 1.165) is 42.7 Å². The van der Waals surface area contributed by atoms with E-state index in [1.54, 1.807) is 24.3 Å². The number of benzene rings is 2. The summed E-state index contributed by atoms with van der Waals surface area (Å²) < 4.78 is 7.78. The lowest BCUT2D eigenvalue weighted by Crippen LogP contribution is -2.31. The van der Waals surface area contributed by atoms with Crippen LogP contribution in [0.4, 0.5) is 5.95 Å². The Bertz CT molecular complexity index is 1060. The second-order valence-electron chi connectivity index (χ2n) is 8.36. The van der Waals surface area contributed by atoms with Crippen molar-refractivity contribution < 1.29 is 14.6 Å². The molecule has 4 rings (SSSR count). The van der Waals surface area contributed by atoms with Gasteiger partial charge in [-0.1, -0.05) is 29.5 Å². The summed E-state index contributed by atoms with van der Waals surface area (Å²) in [5.41, 5.74) is 2.85. The van der Waals surface area contributed by atoms with Gasteiger partial charge in [0.25, 0.3) is 0 Å². The van der Waals surface area contributed by atoms with Crippen molar-refractivity contribution >= 4 is 23.5 Å². The molecule has 0 bridgehead atoms. The standard InChI is InChI=1S/C25H30N4O3S/c1-18-6-10-21(11-7-18)29-24(28-14-4-3-5-15-28)26-27-25(29)33-17-22(31)16-32-23-12-8-20(9-13-23)19(2)30/h6-13,22,31H,3-5,14-17H2,1-2H3. The Hall–Kier alpha value is -2.84. The number of carbonyl (C=O) groups is 1. The van der Waals surface area contributed by atoms with E-state index in [0.29, 0.717) is 17.1 Å². The first-order valence-corrected chi connectivity index (χ1v) is 12.3. The Morgan fingerprint density at radius 1 is 1.06 bits per heavy atom. The highest BCUT2D eigenvalue weighted by molar-refractivity contribution is 7.99. The largest absolute Gasteiger partial charge is 0.491 e. The van der Waals surface area contributed by atoms with Crippen molar-refractivity contribution in [2.45, 2.75) is 44.4 Å². The summed E-state index contributed by atoms with van der Waals surface area (Å²) >= 11 is 1.47. The van der Waals surface area contributed by atoms with Gasteiger partial charge in [-0.25, -0.2) is 0 Å². The number of hydrogen-bond donors (Lipinski definition) is 1. The van der Waals surface area contributed by atoms with Crippen LogP contribution in [0.15, 0.2) is 53.7 Å². The molecule has 2 aromatic carbocycles. The third-order valence-corrected chi connectivity index (χ3v) is 6.73. The zero-order valence-electron chi connectivity index (χ0n) is 19.1. The number of nitrogens with zero attached hydrogens (tertiary/aromatic N) is 4. The van der Waals surface area contributed by atoms with Crippen molar-refractivity contribution in [2.75, 3.05) is 30.3 Å². The zero-order valence-corrected chi connectivity index (χ0v) is 19.9. The molecule has 1 aliphatic heterocycles. The van der Waals surface area contributed by atoms with Crippen LogP contribution < -0.4 is 9.64 Å². The number of thioether (sulfide) groups is 1. The molecule has 1 unspecified atom stereocenters. The molecule has 1 N–H and O–H groups in total. The predicted octanol–water partition coefficient (Wildman–Crippen LogP) is 4.30. The van der Waals surface area contributed by atoms with E-state index in [2.05, 4.69) is 50.9 Å². The molecule has 0 radical (unpaired) electrons. The zero-order chi connectivity index (χ0) is 23.2. The molecule has 0 spiro atoms. The molecule has 174 valence electrons. The number of aliphatic hydroxyl groups excluding tert-OH is 1. The smallest absolute Gasteiger partial charge is 0.232 e. The number of Topliss-reactive ketones (excluding diaryl/α,β-unsaturated/α-hetero) is 1. The maximum atomic E-state index is 11.4. The number of piperidine rings is 1. The second-order valence-corrected chi connectivity index (χ2v) is 9.34. The van der Waals surface area contributed by atoms with E-state index in [9.17, 15) is 9.90 Å². The van der Waals surface area contributed by atoms with Crippen LogP contribution in [-0.2, 0) is 0 Å². The Morgan fingerprint density at radius 2 is 1.76 bits per heavy atom. The maximum Gasteiger partial charge on any atom is 0.232 e. The van der Waals surface area contributed by atoms with Crippen molar-refractivity contribution in [3.05, 3.63) is 59.7 Å². The molecule has 2 heterocycles. The van der Waals surface area contributed by atoms with Crippen molar-refractivity contribution in [1.82, 2.24) is 14.8 Å². The van der Waals surface area contributed by atoms with E-state index >= 15 is 0 Å². The van der Waals surface area contributed by atoms with Crippen molar-refractivity contribution in [3.8, 4) is 11.4 Å². The SMILES string of the molecule is CC(=O)c1ccc(OCC(O)CSc2nnc(N3CCCCC3)n2-c2ccc(C)cc2)cc1. The van der Waals surface area contributed by atoms with Gasteiger partial charge in [0.2, 0.25) is 5.95 Å². The average molecular weight is 467 g/mol. The third kappa shape index (κ3) is 5.94. The van der Waals surface area contributed by atoms with Crippen molar-refractivity contribution in [2.24, 2.45) is 0 Å². The first kappa shape index (κ1) is 23.3. The van der Waals surface area contributed by atoms with E-state index in [1.165, 1.54) is 30.7 Å². The van der Waals surface area contributed by atoms with Gasteiger partial charge in [-0.3, -0.25) is 9.36 Å². The fourth-order valence-electron chi connectivity index (χ4n) is 3.77. The van der Waals surface area contributed by atoms with Gasteiger partial charge in [-0.15, -0.1) is 10.2 Å². The van der Waals surface area contributed by atoms with Crippen molar-refractivity contribution in [1.29, 1.82) is 0 Å². The maximum absolute atomic E-state index is 11.4. The molecule has 3 aromatic rings. The molecular weight excluding hydrogens is 436 g/mol. The molecule has 0 aliphatic carbocycles. The Morgan fingerprint density at radius 3 is 2.42 bits per heavy atom. The highest BCUT2D eigenvalue weighted by atomic mass is 32.2. The number of ether oxygens (including phenoxy) is 1. The van der Waals surface area contributed by atoms with Crippen LogP contribution in [0.25, 0.3) is 5.69 Å². The molecule has 1 saturated heterocycles. The lowest BCUT2D eigenvalue weighted by molar-refractivity contribution is 0.101. The van der Waals surface area contributed by atoms with Crippen LogP contribution in [0.3, 0.4) is 0 Å². The Kier molecular flexibility index (Phi) is 7.67. The van der Waals surface area contributed by atoms with Crippen molar-refractivity contribution in [3.63, 3.8) is 0 Å². The Balaban J connectivity index is 1.43. The molecule has 7 nitrogen and oxygen atoms in total. The summed E-state index contributed by atoms with van der Waals surface area (Å²) in [6, 6.07) is 15.3. The first-order chi connectivity index (χ1) is 16.0. The van der Waals surface area contributed by atoms with Crippen LogP contribution in [0.2, 0.25) is 0 Å². The van der Waals surface area contributed by atoms with Gasteiger partial charge in [-0.05, 0) is 69.5 Å². The fourth-order valence-corrected chi connectivity index (χ4v) is 4.62. The second kappa shape index (κ2) is 10.9. The van der Waals surface area contributed by atoms with Crippen LogP contribution in [0, 0.1) is 6.92 Å². The number of aliphatic hydroxyl groups is 1. The molecular formula is C25H30N4O3S. The van der Waals surface area contributed by atoms with E-state index in [-0.39, 0.29) is 12.4 Å². The van der Waals surface area contributed by atoms with Gasteiger partial charge in [-0.2, -0.15) is 0 Å². The molecule has 0 saturated carbocycles. The number of carbonyl (C=O) groups excluding carboxylic acids is 1. The van der Waals surface area contributed by atoms with Crippen LogP contribution in [0.5, 0.6) is 5.75 Å². The highest BCUT2D eigenvalue weighted by Gasteiger charge is 2.22. The molecule has 1 aliphatic rings. The van der Waals surface area contributed by atoms with E-state index in [1.807, 2.05) is 0 Å². The molecule has 1 atom stereocenters. The normalized spacial score (nSPS) is 14.8. The minimum absolute atomic E-state index is 0.0135. The average Bonchev–Trinajstić information content (AvgIpc) is 3.26. The van der Waals surface area contributed by atoms with Gasteiger partial charge in [0, 0.05) is 24.4 Å². The molecule has 0 amide bonds. The molecule has 1 aromatic heterocycles. The summed E-state index contributed by atoms with van der Waals surface area (Å²) in [7, 11) is 0. The van der Waals surface area contributed by atoms with Crippen LogP contribution in [-0.4, -0.2) is 57.2 Å². The molecule has 33 heavy (non-hydrogen) atoms. The number of aromatic nitrogens is 3. The van der Waals surface area contributed by atoms with Gasteiger partial charge >= 0.3 is 0 Å². The summed E-state index contributed by atoms with van der Waals surface area (Å²) in [4.78, 5) is 13.7. The summed E-state index contributed by atoms with van der Waals surface area (Å²) in [5, 5.41) is 20.2. The molecule has 8 heteroatoms. The number of aryl methyl sites for hydroxylation is 1. The van der Waals surface area contributed by atoms with Gasteiger partial charge in [0.1, 0.15) is 12.4 Å². The summed E-state index contributed by atoms with van der Waals surface area (Å²) in [6.07, 6.45) is 2.89. The number of anilines is 1. The number of hydrogen-bond acceptors (Lipinski definition) is 7. The third-order valence-electron chi connectivity index (χ3n) is 5.66. The van der Waals surface area contributed by atoms with Crippen LogP contribution in [0.1, 0.15) is 42.1 Å².